The van der Waals surface area contributed by atoms with E-state index in [1.54, 1.807) is 20.8 Å². The van der Waals surface area contributed by atoms with E-state index in [2.05, 4.69) is 5.32 Å². The van der Waals surface area contributed by atoms with E-state index in [1.165, 1.54) is 12.2 Å². The number of amides is 2. The largest absolute Gasteiger partial charge is 0.444 e. The van der Waals surface area contributed by atoms with E-state index in [0.717, 1.165) is 0 Å². The topological polar surface area (TPSA) is 67.9 Å². The van der Waals surface area contributed by atoms with Gasteiger partial charge in [-0.2, -0.15) is 0 Å². The third kappa shape index (κ3) is 3.09. The fourth-order valence-corrected chi connectivity index (χ4v) is 1.74. The van der Waals surface area contributed by atoms with Crippen LogP contribution in [0.2, 0.25) is 0 Å². The molecule has 2 amide bonds. The highest BCUT2D eigenvalue weighted by atomic mass is 16.7. The van der Waals surface area contributed by atoms with Crippen LogP contribution < -0.4 is 5.32 Å². The molecule has 1 aliphatic heterocycles. The Kier molecular flexibility index (Phi) is 3.98. The van der Waals surface area contributed by atoms with Gasteiger partial charge in [-0.3, -0.25) is 9.63 Å². The van der Waals surface area contributed by atoms with Gasteiger partial charge in [0.25, 0.3) is 5.91 Å². The number of ether oxygens (including phenoxy) is 1. The molecule has 17 heavy (non-hydrogen) atoms. The number of alkyl carbamates (subject to hydrolysis) is 1. The summed E-state index contributed by atoms with van der Waals surface area (Å²) in [5, 5.41) is 3.82. The lowest BCUT2D eigenvalue weighted by molar-refractivity contribution is -0.223. The molecular formula is C11H20N2O4. The molecule has 6 nitrogen and oxygen atoms in total. The quantitative estimate of drug-likeness (QED) is 0.754. The molecule has 1 N–H and O–H groups in total. The van der Waals surface area contributed by atoms with E-state index < -0.39 is 17.7 Å². The molecule has 0 aromatic rings. The van der Waals surface area contributed by atoms with Gasteiger partial charge < -0.3 is 10.1 Å². The molecule has 1 heterocycles. The van der Waals surface area contributed by atoms with Crippen molar-refractivity contribution in [2.75, 3.05) is 7.11 Å². The van der Waals surface area contributed by atoms with E-state index in [4.69, 9.17) is 9.57 Å². The standard InChI is InChI=1S/C11H20N2O4/c1-6-7-8(9(14)13(7)16-5)12-10(15)17-11(2,3)4/h7-8H,6H2,1-5H3,(H,12,15)/t7-,8-/m1/s1. The minimum atomic E-state index is -0.579. The average Bonchev–Trinajstić information content (AvgIpc) is 2.19. The predicted molar refractivity (Wildman–Crippen MR) is 61.1 cm³/mol. The van der Waals surface area contributed by atoms with Crippen LogP contribution in [0.3, 0.4) is 0 Å². The lowest BCUT2D eigenvalue weighted by Crippen LogP contribution is -2.70. The zero-order valence-electron chi connectivity index (χ0n) is 10.9. The molecule has 0 saturated carbocycles. The number of rotatable bonds is 3. The smallest absolute Gasteiger partial charge is 0.408 e. The maximum absolute atomic E-state index is 11.6. The first-order valence-corrected chi connectivity index (χ1v) is 5.67. The van der Waals surface area contributed by atoms with Crippen LogP contribution in [-0.2, 0) is 14.4 Å². The third-order valence-electron chi connectivity index (χ3n) is 2.46. The van der Waals surface area contributed by atoms with Crippen molar-refractivity contribution < 1.29 is 19.2 Å². The summed E-state index contributed by atoms with van der Waals surface area (Å²) in [6.45, 7) is 7.24. The van der Waals surface area contributed by atoms with Crippen molar-refractivity contribution in [3.63, 3.8) is 0 Å². The zero-order chi connectivity index (χ0) is 13.2. The second kappa shape index (κ2) is 4.91. The molecule has 1 aliphatic rings. The van der Waals surface area contributed by atoms with Gasteiger partial charge in [-0.1, -0.05) is 6.92 Å². The molecule has 98 valence electrons. The summed E-state index contributed by atoms with van der Waals surface area (Å²) in [5.74, 6) is -0.245. The van der Waals surface area contributed by atoms with Crippen molar-refractivity contribution in [2.45, 2.75) is 51.8 Å². The molecule has 0 bridgehead atoms. The molecule has 0 aromatic carbocycles. The van der Waals surface area contributed by atoms with Gasteiger partial charge in [0.05, 0.1) is 13.2 Å². The van der Waals surface area contributed by atoms with Gasteiger partial charge in [0, 0.05) is 0 Å². The molecule has 0 aliphatic carbocycles. The lowest BCUT2D eigenvalue weighted by Gasteiger charge is -2.44. The van der Waals surface area contributed by atoms with Crippen molar-refractivity contribution in [1.29, 1.82) is 0 Å². The summed E-state index contributed by atoms with van der Waals surface area (Å²) in [4.78, 5) is 28.0. The first-order chi connectivity index (χ1) is 7.80. The first-order valence-electron chi connectivity index (χ1n) is 5.67. The van der Waals surface area contributed by atoms with Gasteiger partial charge in [-0.15, -0.1) is 0 Å². The van der Waals surface area contributed by atoms with E-state index in [1.807, 2.05) is 6.92 Å². The minimum Gasteiger partial charge on any atom is -0.444 e. The molecule has 1 saturated heterocycles. The van der Waals surface area contributed by atoms with Crippen LogP contribution >= 0.6 is 0 Å². The summed E-state index contributed by atoms with van der Waals surface area (Å²) in [7, 11) is 1.43. The fourth-order valence-electron chi connectivity index (χ4n) is 1.74. The Morgan fingerprint density at radius 1 is 1.47 bits per heavy atom. The molecular weight excluding hydrogens is 224 g/mol. The SMILES string of the molecule is CC[C@@H]1[C@@H](NC(=O)OC(C)(C)C)C(=O)N1OC. The zero-order valence-corrected chi connectivity index (χ0v) is 10.9. The van der Waals surface area contributed by atoms with Gasteiger partial charge in [0.1, 0.15) is 11.6 Å². The monoisotopic (exact) mass is 244 g/mol. The molecule has 0 aromatic heterocycles. The number of β-lactam (4-membered cyclic amide) rings is 1. The van der Waals surface area contributed by atoms with E-state index >= 15 is 0 Å². The van der Waals surface area contributed by atoms with Crippen molar-refractivity contribution in [3.05, 3.63) is 0 Å². The van der Waals surface area contributed by atoms with Crippen LogP contribution in [0, 0.1) is 0 Å². The van der Waals surface area contributed by atoms with Gasteiger partial charge in [-0.25, -0.2) is 9.86 Å². The molecule has 1 rings (SSSR count). The van der Waals surface area contributed by atoms with E-state index in [-0.39, 0.29) is 11.9 Å². The molecule has 2 atom stereocenters. The van der Waals surface area contributed by atoms with Crippen LogP contribution in [0.1, 0.15) is 34.1 Å². The second-order valence-electron chi connectivity index (χ2n) is 4.95. The summed E-state index contributed by atoms with van der Waals surface area (Å²) in [5.41, 5.74) is -0.570. The number of carbonyl (C=O) groups is 2. The lowest BCUT2D eigenvalue weighted by atomic mass is 9.96. The number of hydrogen-bond donors (Lipinski definition) is 1. The highest BCUT2D eigenvalue weighted by Gasteiger charge is 2.48. The molecule has 6 heteroatoms. The van der Waals surface area contributed by atoms with Crippen LogP contribution in [-0.4, -0.2) is 41.9 Å². The van der Waals surface area contributed by atoms with Crippen molar-refractivity contribution in [1.82, 2.24) is 10.4 Å². The van der Waals surface area contributed by atoms with Crippen LogP contribution in [0.5, 0.6) is 0 Å². The van der Waals surface area contributed by atoms with Gasteiger partial charge in [-0.05, 0) is 27.2 Å². The average molecular weight is 244 g/mol. The summed E-state index contributed by atoms with van der Waals surface area (Å²) >= 11 is 0. The Balaban J connectivity index is 2.52. The Bertz CT molecular complexity index is 311. The van der Waals surface area contributed by atoms with Crippen molar-refractivity contribution in [2.24, 2.45) is 0 Å². The van der Waals surface area contributed by atoms with Crippen molar-refractivity contribution in [3.8, 4) is 0 Å². The maximum atomic E-state index is 11.6. The third-order valence-corrected chi connectivity index (χ3v) is 2.46. The van der Waals surface area contributed by atoms with Gasteiger partial charge in [0.2, 0.25) is 0 Å². The Labute approximate surface area is 101 Å². The number of carbonyl (C=O) groups excluding carboxylic acids is 2. The van der Waals surface area contributed by atoms with Crippen LogP contribution in [0.15, 0.2) is 0 Å². The second-order valence-corrected chi connectivity index (χ2v) is 4.95. The molecule has 0 unspecified atom stereocenters. The Hall–Kier alpha value is -1.30. The van der Waals surface area contributed by atoms with E-state index in [9.17, 15) is 9.59 Å². The van der Waals surface area contributed by atoms with Crippen molar-refractivity contribution >= 4 is 12.0 Å². The Morgan fingerprint density at radius 2 is 2.06 bits per heavy atom. The van der Waals surface area contributed by atoms with Gasteiger partial charge in [0.15, 0.2) is 0 Å². The molecule has 0 radical (unpaired) electrons. The Morgan fingerprint density at radius 3 is 2.47 bits per heavy atom. The number of hydrogen-bond acceptors (Lipinski definition) is 4. The minimum absolute atomic E-state index is 0.125. The molecule has 0 spiro atoms. The first kappa shape index (κ1) is 13.8. The van der Waals surface area contributed by atoms with Crippen LogP contribution in [0.4, 0.5) is 4.79 Å². The summed E-state index contributed by atoms with van der Waals surface area (Å²) < 4.78 is 5.09. The van der Waals surface area contributed by atoms with E-state index in [0.29, 0.717) is 6.42 Å². The van der Waals surface area contributed by atoms with Crippen LogP contribution in [0.25, 0.3) is 0 Å². The van der Waals surface area contributed by atoms with Gasteiger partial charge >= 0.3 is 6.09 Å². The number of hydroxylamine groups is 2. The normalized spacial score (nSPS) is 24.3. The maximum Gasteiger partial charge on any atom is 0.408 e. The fraction of sp³-hybridized carbons (Fsp3) is 0.818. The number of nitrogens with one attached hydrogen (secondary N) is 1. The summed E-state index contributed by atoms with van der Waals surface area (Å²) in [6.07, 6.45) is 0.130. The molecule has 1 fully saturated rings. The highest BCUT2D eigenvalue weighted by molar-refractivity contribution is 5.91. The summed E-state index contributed by atoms with van der Waals surface area (Å²) in [6, 6.07) is -0.671. The predicted octanol–water partition coefficient (Wildman–Crippen LogP) is 1.06. The number of nitrogens with zero attached hydrogens (tertiary/aromatic N) is 1. The highest BCUT2D eigenvalue weighted by Crippen LogP contribution is 2.23.